The summed E-state index contributed by atoms with van der Waals surface area (Å²) in [5.41, 5.74) is 7.52. The number of halogens is 1. The lowest BCUT2D eigenvalue weighted by atomic mass is 9.83. The molecule has 1 aliphatic heterocycles. The summed E-state index contributed by atoms with van der Waals surface area (Å²) in [6.07, 6.45) is 0. The molecular formula is C24H22BrN3O5. The van der Waals surface area contributed by atoms with E-state index >= 15 is 0 Å². The van der Waals surface area contributed by atoms with E-state index in [9.17, 15) is 14.9 Å². The molecule has 0 spiro atoms. The summed E-state index contributed by atoms with van der Waals surface area (Å²) in [5.74, 6) is -0.956. The third-order valence-corrected chi connectivity index (χ3v) is 5.34. The van der Waals surface area contributed by atoms with Crippen LogP contribution in [0.25, 0.3) is 0 Å². The van der Waals surface area contributed by atoms with Crippen molar-refractivity contribution in [1.29, 1.82) is 5.26 Å². The molecule has 8 nitrogen and oxygen atoms in total. The molecule has 0 saturated heterocycles. The number of anilines is 1. The summed E-state index contributed by atoms with van der Waals surface area (Å²) < 4.78 is 17.0. The molecule has 1 atom stereocenters. The molecule has 2 aromatic carbocycles. The molecular weight excluding hydrogens is 490 g/mol. The Labute approximate surface area is 199 Å². The van der Waals surface area contributed by atoms with Gasteiger partial charge in [-0.1, -0.05) is 28.1 Å². The molecule has 0 saturated carbocycles. The fourth-order valence-corrected chi connectivity index (χ4v) is 3.59. The zero-order valence-electron chi connectivity index (χ0n) is 18.1. The van der Waals surface area contributed by atoms with Crippen molar-refractivity contribution in [2.75, 3.05) is 18.5 Å². The number of benzene rings is 2. The molecule has 3 rings (SSSR count). The number of rotatable bonds is 7. The van der Waals surface area contributed by atoms with Crippen molar-refractivity contribution in [2.45, 2.75) is 19.8 Å². The Morgan fingerprint density at radius 2 is 1.85 bits per heavy atom. The van der Waals surface area contributed by atoms with Crippen LogP contribution in [0.3, 0.4) is 0 Å². The monoisotopic (exact) mass is 511 g/mol. The number of nitrogens with one attached hydrogen (secondary N) is 1. The molecule has 0 aromatic heterocycles. The minimum absolute atomic E-state index is 0.0574. The molecule has 0 aliphatic carbocycles. The quantitative estimate of drug-likeness (QED) is 0.535. The first-order valence-corrected chi connectivity index (χ1v) is 10.9. The van der Waals surface area contributed by atoms with Crippen molar-refractivity contribution in [3.8, 4) is 11.8 Å². The topological polar surface area (TPSA) is 124 Å². The normalized spacial score (nSPS) is 15.4. The molecule has 33 heavy (non-hydrogen) atoms. The summed E-state index contributed by atoms with van der Waals surface area (Å²) in [4.78, 5) is 24.7. The fourth-order valence-electron chi connectivity index (χ4n) is 3.32. The number of amides is 1. The van der Waals surface area contributed by atoms with Crippen LogP contribution >= 0.6 is 15.9 Å². The Morgan fingerprint density at radius 3 is 2.45 bits per heavy atom. The number of nitriles is 1. The smallest absolute Gasteiger partial charge is 0.338 e. The molecule has 0 radical (unpaired) electrons. The van der Waals surface area contributed by atoms with Gasteiger partial charge in [-0.25, -0.2) is 4.79 Å². The van der Waals surface area contributed by atoms with Gasteiger partial charge in [-0.3, -0.25) is 4.79 Å². The summed E-state index contributed by atoms with van der Waals surface area (Å²) in [6.45, 7) is 3.29. The number of hydrogen-bond donors (Lipinski definition) is 2. The molecule has 1 aliphatic rings. The number of esters is 1. The molecule has 0 bridgehead atoms. The van der Waals surface area contributed by atoms with Gasteiger partial charge in [-0.15, -0.1) is 0 Å². The first kappa shape index (κ1) is 23.9. The minimum atomic E-state index is -0.738. The van der Waals surface area contributed by atoms with E-state index in [1.54, 1.807) is 50.2 Å². The predicted octanol–water partition coefficient (Wildman–Crippen LogP) is 4.11. The van der Waals surface area contributed by atoms with Crippen LogP contribution in [0.4, 0.5) is 5.69 Å². The van der Waals surface area contributed by atoms with Crippen molar-refractivity contribution in [3.05, 3.63) is 81.4 Å². The lowest BCUT2D eigenvalue weighted by molar-refractivity contribution is -0.139. The van der Waals surface area contributed by atoms with Gasteiger partial charge in [0.05, 0.1) is 18.1 Å². The highest BCUT2D eigenvalue weighted by molar-refractivity contribution is 9.10. The average Bonchev–Trinajstić information content (AvgIpc) is 2.79. The maximum absolute atomic E-state index is 12.6. The Kier molecular flexibility index (Phi) is 7.74. The maximum atomic E-state index is 12.6. The Hall–Kier alpha value is -3.77. The second-order valence-corrected chi connectivity index (χ2v) is 7.94. The van der Waals surface area contributed by atoms with Crippen molar-refractivity contribution >= 4 is 33.5 Å². The van der Waals surface area contributed by atoms with Crippen LogP contribution in [-0.4, -0.2) is 25.1 Å². The summed E-state index contributed by atoms with van der Waals surface area (Å²) in [5, 5.41) is 12.4. The summed E-state index contributed by atoms with van der Waals surface area (Å²) in [6, 6.07) is 15.9. The number of nitrogens with two attached hydrogens (primary N) is 1. The van der Waals surface area contributed by atoms with Crippen LogP contribution in [0.5, 0.6) is 5.75 Å². The number of carbonyl (C=O) groups excluding carboxylic acids is 2. The third-order valence-electron chi connectivity index (χ3n) is 4.81. The van der Waals surface area contributed by atoms with Crippen molar-refractivity contribution in [3.63, 3.8) is 0 Å². The van der Waals surface area contributed by atoms with Crippen molar-refractivity contribution in [1.82, 2.24) is 0 Å². The third kappa shape index (κ3) is 5.73. The fraction of sp³-hybridized carbons (Fsp3) is 0.208. The van der Waals surface area contributed by atoms with Crippen molar-refractivity contribution < 1.29 is 23.8 Å². The zero-order chi connectivity index (χ0) is 24.0. The number of carbonyl (C=O) groups is 2. The molecule has 1 unspecified atom stereocenters. The average molecular weight is 512 g/mol. The van der Waals surface area contributed by atoms with Gasteiger partial charge in [-0.2, -0.15) is 5.26 Å². The van der Waals surface area contributed by atoms with E-state index in [1.165, 1.54) is 0 Å². The lowest BCUT2D eigenvalue weighted by Crippen LogP contribution is -2.25. The SMILES string of the molecule is CCOC(=O)C1=C(C)OC(N)=C(C#N)C1c1ccc(OCC(=O)Nc2ccc(Br)cc2)cc1. The lowest BCUT2D eigenvalue weighted by Gasteiger charge is -2.26. The Balaban J connectivity index is 1.74. The van der Waals surface area contributed by atoms with Gasteiger partial charge in [0.2, 0.25) is 5.88 Å². The largest absolute Gasteiger partial charge is 0.484 e. The van der Waals surface area contributed by atoms with Gasteiger partial charge in [0.1, 0.15) is 23.2 Å². The van der Waals surface area contributed by atoms with E-state index in [0.29, 0.717) is 17.0 Å². The molecule has 3 N–H and O–H groups in total. The maximum Gasteiger partial charge on any atom is 0.338 e. The van der Waals surface area contributed by atoms with E-state index in [4.69, 9.17) is 19.9 Å². The number of hydrogen-bond acceptors (Lipinski definition) is 7. The standard InChI is InChI=1S/C24H22BrN3O5/c1-3-31-24(30)21-14(2)33-23(27)19(12-26)22(21)15-4-10-18(11-5-15)32-13-20(29)28-17-8-6-16(25)7-9-17/h4-11,22H,3,13,27H2,1-2H3,(H,28,29). The first-order chi connectivity index (χ1) is 15.8. The van der Waals surface area contributed by atoms with Crippen LogP contribution < -0.4 is 15.8 Å². The van der Waals surface area contributed by atoms with Crippen LogP contribution in [0.2, 0.25) is 0 Å². The van der Waals surface area contributed by atoms with E-state index < -0.39 is 11.9 Å². The van der Waals surface area contributed by atoms with Crippen LogP contribution in [0, 0.1) is 11.3 Å². The summed E-state index contributed by atoms with van der Waals surface area (Å²) in [7, 11) is 0. The molecule has 9 heteroatoms. The number of allylic oxidation sites excluding steroid dienone is 2. The Morgan fingerprint density at radius 1 is 1.18 bits per heavy atom. The number of nitrogens with zero attached hydrogens (tertiary/aromatic N) is 1. The second-order valence-electron chi connectivity index (χ2n) is 7.03. The Bertz CT molecular complexity index is 1150. The summed E-state index contributed by atoms with van der Waals surface area (Å²) >= 11 is 3.34. The highest BCUT2D eigenvalue weighted by Crippen LogP contribution is 2.39. The van der Waals surface area contributed by atoms with Gasteiger partial charge in [-0.05, 0) is 55.8 Å². The minimum Gasteiger partial charge on any atom is -0.484 e. The first-order valence-electron chi connectivity index (χ1n) is 10.1. The van der Waals surface area contributed by atoms with Gasteiger partial charge >= 0.3 is 5.97 Å². The predicted molar refractivity (Wildman–Crippen MR) is 125 cm³/mol. The molecule has 170 valence electrons. The molecule has 1 heterocycles. The molecule has 0 fully saturated rings. The van der Waals surface area contributed by atoms with Gasteiger partial charge in [0.15, 0.2) is 6.61 Å². The van der Waals surface area contributed by atoms with Crippen LogP contribution in [0.15, 0.2) is 75.8 Å². The van der Waals surface area contributed by atoms with E-state index in [0.717, 1.165) is 4.47 Å². The van der Waals surface area contributed by atoms with Crippen molar-refractivity contribution in [2.24, 2.45) is 5.73 Å². The number of ether oxygens (including phenoxy) is 3. The zero-order valence-corrected chi connectivity index (χ0v) is 19.6. The van der Waals surface area contributed by atoms with Gasteiger partial charge in [0.25, 0.3) is 5.91 Å². The highest BCUT2D eigenvalue weighted by Gasteiger charge is 2.36. The van der Waals surface area contributed by atoms with Gasteiger partial charge in [0, 0.05) is 10.2 Å². The second kappa shape index (κ2) is 10.7. The highest BCUT2D eigenvalue weighted by atomic mass is 79.9. The van der Waals surface area contributed by atoms with Crippen LogP contribution in [0.1, 0.15) is 25.3 Å². The van der Waals surface area contributed by atoms with E-state index in [2.05, 4.69) is 21.2 Å². The van der Waals surface area contributed by atoms with Gasteiger partial charge < -0.3 is 25.3 Å². The van der Waals surface area contributed by atoms with E-state index in [1.807, 2.05) is 18.2 Å². The van der Waals surface area contributed by atoms with Crippen LogP contribution in [-0.2, 0) is 19.1 Å². The molecule has 1 amide bonds. The molecule has 2 aromatic rings. The van der Waals surface area contributed by atoms with E-state index in [-0.39, 0.29) is 41.9 Å².